The van der Waals surface area contributed by atoms with E-state index >= 15 is 0 Å². The molecule has 1 aliphatic rings. The highest BCUT2D eigenvalue weighted by Gasteiger charge is 2.17. The number of amides is 2. The van der Waals surface area contributed by atoms with Crippen molar-refractivity contribution in [2.45, 2.75) is 38.6 Å². The molecule has 2 amide bonds. The van der Waals surface area contributed by atoms with E-state index in [9.17, 15) is 14.4 Å². The summed E-state index contributed by atoms with van der Waals surface area (Å²) >= 11 is 0. The molecule has 0 radical (unpaired) electrons. The quantitative estimate of drug-likeness (QED) is 0.661. The number of aryl methyl sites for hydroxylation is 1. The van der Waals surface area contributed by atoms with Crippen LogP contribution in [-0.2, 0) is 16.1 Å². The third-order valence-electron chi connectivity index (χ3n) is 5.25. The summed E-state index contributed by atoms with van der Waals surface area (Å²) in [5, 5.41) is 3.21. The lowest BCUT2D eigenvalue weighted by molar-refractivity contribution is -0.130. The standard InChI is InChI=1S/C21H28N4O5/c1-29-17-12-15-16(13-18(17)30-2)23-14-25(21(15)28)11-5-6-19(26)22-8-7-20(27)24-9-3-4-10-24/h12-14H,3-11H2,1-2H3,(H,22,26). The molecule has 0 atom stereocenters. The highest BCUT2D eigenvalue weighted by molar-refractivity contribution is 5.81. The molecule has 2 heterocycles. The summed E-state index contributed by atoms with van der Waals surface area (Å²) in [5.74, 6) is 0.935. The van der Waals surface area contributed by atoms with Gasteiger partial charge in [0, 0.05) is 45.1 Å². The fourth-order valence-electron chi connectivity index (χ4n) is 3.58. The van der Waals surface area contributed by atoms with Gasteiger partial charge < -0.3 is 19.7 Å². The second-order valence-electron chi connectivity index (χ2n) is 7.26. The first-order chi connectivity index (χ1) is 14.5. The number of rotatable bonds is 9. The second kappa shape index (κ2) is 10.1. The number of ether oxygens (including phenoxy) is 2. The maximum Gasteiger partial charge on any atom is 0.261 e. The molecule has 1 aromatic heterocycles. The largest absolute Gasteiger partial charge is 0.493 e. The summed E-state index contributed by atoms with van der Waals surface area (Å²) in [6, 6.07) is 3.28. The molecule has 30 heavy (non-hydrogen) atoms. The van der Waals surface area contributed by atoms with E-state index in [-0.39, 0.29) is 23.8 Å². The van der Waals surface area contributed by atoms with Gasteiger partial charge in [0.25, 0.3) is 5.56 Å². The minimum Gasteiger partial charge on any atom is -0.493 e. The summed E-state index contributed by atoms with van der Waals surface area (Å²) in [5.41, 5.74) is 0.326. The van der Waals surface area contributed by atoms with E-state index in [4.69, 9.17) is 9.47 Å². The fraction of sp³-hybridized carbons (Fsp3) is 0.524. The van der Waals surface area contributed by atoms with Gasteiger partial charge in [-0.25, -0.2) is 4.98 Å². The van der Waals surface area contributed by atoms with E-state index in [1.54, 1.807) is 12.1 Å². The van der Waals surface area contributed by atoms with Crippen molar-refractivity contribution in [3.8, 4) is 11.5 Å². The zero-order chi connectivity index (χ0) is 21.5. The number of hydrogen-bond donors (Lipinski definition) is 1. The van der Waals surface area contributed by atoms with Gasteiger partial charge in [-0.1, -0.05) is 0 Å². The van der Waals surface area contributed by atoms with Crippen LogP contribution in [0.25, 0.3) is 10.9 Å². The summed E-state index contributed by atoms with van der Waals surface area (Å²) in [6.07, 6.45) is 4.68. The molecular weight excluding hydrogens is 388 g/mol. The molecule has 1 fully saturated rings. The van der Waals surface area contributed by atoms with Crippen molar-refractivity contribution in [2.75, 3.05) is 33.9 Å². The van der Waals surface area contributed by atoms with Crippen molar-refractivity contribution in [3.05, 3.63) is 28.8 Å². The van der Waals surface area contributed by atoms with E-state index in [0.717, 1.165) is 25.9 Å². The van der Waals surface area contributed by atoms with Crippen LogP contribution in [0.1, 0.15) is 32.1 Å². The first kappa shape index (κ1) is 21.6. The summed E-state index contributed by atoms with van der Waals surface area (Å²) in [4.78, 5) is 42.9. The molecule has 0 bridgehead atoms. The smallest absolute Gasteiger partial charge is 0.261 e. The number of benzene rings is 1. The highest BCUT2D eigenvalue weighted by atomic mass is 16.5. The van der Waals surface area contributed by atoms with E-state index in [1.165, 1.54) is 25.1 Å². The van der Waals surface area contributed by atoms with E-state index in [1.807, 2.05) is 4.90 Å². The van der Waals surface area contributed by atoms with Gasteiger partial charge in [0.2, 0.25) is 11.8 Å². The third kappa shape index (κ3) is 5.08. The Morgan fingerprint density at radius 1 is 1.10 bits per heavy atom. The van der Waals surface area contributed by atoms with Gasteiger partial charge in [-0.2, -0.15) is 0 Å². The monoisotopic (exact) mass is 416 g/mol. The van der Waals surface area contributed by atoms with Gasteiger partial charge in [0.05, 0.1) is 31.4 Å². The van der Waals surface area contributed by atoms with Crippen molar-refractivity contribution >= 4 is 22.7 Å². The maximum atomic E-state index is 12.7. The number of carbonyl (C=O) groups excluding carboxylic acids is 2. The molecule has 1 aromatic carbocycles. The van der Waals surface area contributed by atoms with Crippen LogP contribution in [0.15, 0.2) is 23.3 Å². The zero-order valence-electron chi connectivity index (χ0n) is 17.5. The van der Waals surface area contributed by atoms with E-state index in [2.05, 4.69) is 10.3 Å². The normalized spacial score (nSPS) is 13.5. The SMILES string of the molecule is COc1cc2ncn(CCCC(=O)NCCC(=O)N3CCCC3)c(=O)c2cc1OC. The number of nitrogens with one attached hydrogen (secondary N) is 1. The van der Waals surface area contributed by atoms with Crippen LogP contribution in [0.5, 0.6) is 11.5 Å². The molecule has 9 nitrogen and oxygen atoms in total. The summed E-state index contributed by atoms with van der Waals surface area (Å²) in [6.45, 7) is 2.35. The Balaban J connectivity index is 1.50. The van der Waals surface area contributed by atoms with Crippen molar-refractivity contribution in [1.29, 1.82) is 0 Å². The van der Waals surface area contributed by atoms with Crippen LogP contribution < -0.4 is 20.3 Å². The molecule has 0 aliphatic carbocycles. The molecule has 9 heteroatoms. The number of aromatic nitrogens is 2. The summed E-state index contributed by atoms with van der Waals surface area (Å²) < 4.78 is 12.0. The van der Waals surface area contributed by atoms with Gasteiger partial charge >= 0.3 is 0 Å². The van der Waals surface area contributed by atoms with Gasteiger partial charge in [-0.05, 0) is 25.3 Å². The number of fused-ring (bicyclic) bond motifs is 1. The van der Waals surface area contributed by atoms with Gasteiger partial charge in [0.1, 0.15) is 0 Å². The van der Waals surface area contributed by atoms with Gasteiger partial charge in [-0.15, -0.1) is 0 Å². The molecule has 0 saturated carbocycles. The van der Waals surface area contributed by atoms with Crippen molar-refractivity contribution in [3.63, 3.8) is 0 Å². The molecule has 1 aliphatic heterocycles. The number of nitrogens with zero attached hydrogens (tertiary/aromatic N) is 3. The lowest BCUT2D eigenvalue weighted by Gasteiger charge is -2.15. The van der Waals surface area contributed by atoms with Crippen LogP contribution in [0.2, 0.25) is 0 Å². The molecule has 0 unspecified atom stereocenters. The van der Waals surface area contributed by atoms with Gasteiger partial charge in [0.15, 0.2) is 11.5 Å². The Kier molecular flexibility index (Phi) is 7.26. The van der Waals surface area contributed by atoms with Crippen LogP contribution in [0.4, 0.5) is 0 Å². The number of carbonyl (C=O) groups is 2. The van der Waals surface area contributed by atoms with Crippen LogP contribution in [0.3, 0.4) is 0 Å². The molecular formula is C21H28N4O5. The maximum absolute atomic E-state index is 12.7. The highest BCUT2D eigenvalue weighted by Crippen LogP contribution is 2.29. The molecule has 0 spiro atoms. The predicted octanol–water partition coefficient (Wildman–Crippen LogP) is 1.32. The van der Waals surface area contributed by atoms with Gasteiger partial charge in [-0.3, -0.25) is 19.0 Å². The lowest BCUT2D eigenvalue weighted by Crippen LogP contribution is -2.32. The van der Waals surface area contributed by atoms with Crippen molar-refractivity contribution < 1.29 is 19.1 Å². The molecule has 2 aromatic rings. The Labute approximate surface area is 175 Å². The minimum atomic E-state index is -0.197. The summed E-state index contributed by atoms with van der Waals surface area (Å²) in [7, 11) is 3.04. The minimum absolute atomic E-state index is 0.0913. The molecule has 3 rings (SSSR count). The Bertz CT molecular complexity index is 966. The Hall–Kier alpha value is -3.10. The molecule has 1 N–H and O–H groups in total. The topological polar surface area (TPSA) is 103 Å². The number of methoxy groups -OCH3 is 2. The van der Waals surface area contributed by atoms with E-state index < -0.39 is 0 Å². The molecule has 162 valence electrons. The van der Waals surface area contributed by atoms with Crippen LogP contribution >= 0.6 is 0 Å². The fourth-order valence-corrected chi connectivity index (χ4v) is 3.58. The second-order valence-corrected chi connectivity index (χ2v) is 7.26. The molecule has 1 saturated heterocycles. The first-order valence-electron chi connectivity index (χ1n) is 10.2. The average Bonchev–Trinajstić information content (AvgIpc) is 3.29. The third-order valence-corrected chi connectivity index (χ3v) is 5.25. The van der Waals surface area contributed by atoms with Crippen molar-refractivity contribution in [2.24, 2.45) is 0 Å². The van der Waals surface area contributed by atoms with E-state index in [0.29, 0.717) is 48.3 Å². The van der Waals surface area contributed by atoms with Crippen LogP contribution in [-0.4, -0.2) is 60.1 Å². The van der Waals surface area contributed by atoms with Crippen molar-refractivity contribution in [1.82, 2.24) is 19.8 Å². The Morgan fingerprint density at radius 2 is 1.80 bits per heavy atom. The lowest BCUT2D eigenvalue weighted by atomic mass is 10.2. The average molecular weight is 416 g/mol. The Morgan fingerprint density at radius 3 is 2.50 bits per heavy atom. The first-order valence-corrected chi connectivity index (χ1v) is 10.2. The zero-order valence-corrected chi connectivity index (χ0v) is 17.5. The number of likely N-dealkylation sites (tertiary alicyclic amines) is 1. The van der Waals surface area contributed by atoms with Crippen LogP contribution in [0, 0.1) is 0 Å². The predicted molar refractivity (Wildman–Crippen MR) is 112 cm³/mol. The number of hydrogen-bond acceptors (Lipinski definition) is 6.